The summed E-state index contributed by atoms with van der Waals surface area (Å²) in [6, 6.07) is 13.7. The molecule has 0 atom stereocenters. The SMILES string of the molecule is CC(=NNC(=O)c1ccc2c(c1)OCO2)c1ccc(C2CCCCC2)cc1. The van der Waals surface area contributed by atoms with E-state index in [9.17, 15) is 4.79 Å². The second-order valence-electron chi connectivity index (χ2n) is 7.16. The summed E-state index contributed by atoms with van der Waals surface area (Å²) >= 11 is 0. The van der Waals surface area contributed by atoms with Gasteiger partial charge in [0.05, 0.1) is 5.71 Å². The summed E-state index contributed by atoms with van der Waals surface area (Å²) in [5.74, 6) is 1.66. The van der Waals surface area contributed by atoms with Crippen molar-refractivity contribution in [3.63, 3.8) is 0 Å². The molecule has 5 nitrogen and oxygen atoms in total. The lowest BCUT2D eigenvalue weighted by Crippen LogP contribution is -2.19. The van der Waals surface area contributed by atoms with Crippen LogP contribution in [0.3, 0.4) is 0 Å². The van der Waals surface area contributed by atoms with Crippen LogP contribution in [0.4, 0.5) is 0 Å². The fourth-order valence-electron chi connectivity index (χ4n) is 3.73. The van der Waals surface area contributed by atoms with Crippen LogP contribution in [0.15, 0.2) is 47.6 Å². The lowest BCUT2D eigenvalue weighted by Gasteiger charge is -2.22. The number of nitrogens with one attached hydrogen (secondary N) is 1. The summed E-state index contributed by atoms with van der Waals surface area (Å²) in [4.78, 5) is 12.3. The van der Waals surface area contributed by atoms with Gasteiger partial charge in [0.15, 0.2) is 11.5 Å². The third-order valence-corrected chi connectivity index (χ3v) is 5.36. The fourth-order valence-corrected chi connectivity index (χ4v) is 3.73. The number of nitrogens with zero attached hydrogens (tertiary/aromatic N) is 1. The van der Waals surface area contributed by atoms with Gasteiger partial charge in [0.1, 0.15) is 0 Å². The molecule has 0 bridgehead atoms. The molecule has 0 aromatic heterocycles. The Bertz CT molecular complexity index is 852. The smallest absolute Gasteiger partial charge is 0.271 e. The molecule has 0 radical (unpaired) electrons. The Morgan fingerprint density at radius 3 is 2.44 bits per heavy atom. The summed E-state index contributed by atoms with van der Waals surface area (Å²) in [6.45, 7) is 2.09. The number of ether oxygens (including phenoxy) is 2. The molecule has 4 rings (SSSR count). The molecule has 2 aliphatic rings. The van der Waals surface area contributed by atoms with Gasteiger partial charge in [0.2, 0.25) is 6.79 Å². The molecule has 140 valence electrons. The molecular formula is C22H24N2O3. The number of benzene rings is 2. The van der Waals surface area contributed by atoms with E-state index in [1.165, 1.54) is 37.7 Å². The highest BCUT2D eigenvalue weighted by molar-refractivity contribution is 6.01. The Balaban J connectivity index is 1.40. The average molecular weight is 364 g/mol. The average Bonchev–Trinajstić information content (AvgIpc) is 3.20. The normalized spacial score (nSPS) is 17.0. The molecule has 1 saturated carbocycles. The quantitative estimate of drug-likeness (QED) is 0.636. The zero-order valence-corrected chi connectivity index (χ0v) is 15.5. The van der Waals surface area contributed by atoms with E-state index in [-0.39, 0.29) is 12.7 Å². The maximum absolute atomic E-state index is 12.3. The molecule has 2 aromatic carbocycles. The van der Waals surface area contributed by atoms with Crippen molar-refractivity contribution in [3.8, 4) is 11.5 Å². The monoisotopic (exact) mass is 364 g/mol. The summed E-state index contributed by atoms with van der Waals surface area (Å²) in [6.07, 6.45) is 6.61. The lowest BCUT2D eigenvalue weighted by atomic mass is 9.84. The molecule has 2 aromatic rings. The van der Waals surface area contributed by atoms with Crippen molar-refractivity contribution < 1.29 is 14.3 Å². The van der Waals surface area contributed by atoms with Crippen molar-refractivity contribution in [2.75, 3.05) is 6.79 Å². The van der Waals surface area contributed by atoms with Crippen LogP contribution in [0.5, 0.6) is 11.5 Å². The van der Waals surface area contributed by atoms with Gasteiger partial charge in [0.25, 0.3) is 5.91 Å². The summed E-state index contributed by atoms with van der Waals surface area (Å²) < 4.78 is 10.6. The van der Waals surface area contributed by atoms with Gasteiger partial charge in [-0.3, -0.25) is 4.79 Å². The minimum atomic E-state index is -0.272. The molecule has 1 amide bonds. The standard InChI is InChI=1S/C22H24N2O3/c1-15(16-7-9-18(10-8-16)17-5-3-2-4-6-17)23-24-22(25)19-11-12-20-21(13-19)27-14-26-20/h7-13,17H,2-6,14H2,1H3,(H,24,25). The van der Waals surface area contributed by atoms with Crippen molar-refractivity contribution in [3.05, 3.63) is 59.2 Å². The lowest BCUT2D eigenvalue weighted by molar-refractivity contribution is 0.0954. The highest BCUT2D eigenvalue weighted by Crippen LogP contribution is 2.33. The predicted molar refractivity (Wildman–Crippen MR) is 105 cm³/mol. The van der Waals surface area contributed by atoms with Gasteiger partial charge in [-0.15, -0.1) is 0 Å². The Labute approximate surface area is 159 Å². The van der Waals surface area contributed by atoms with Crippen molar-refractivity contribution in [2.24, 2.45) is 5.10 Å². The molecule has 0 spiro atoms. The van der Waals surface area contributed by atoms with E-state index < -0.39 is 0 Å². The molecule has 27 heavy (non-hydrogen) atoms. The second kappa shape index (κ2) is 7.82. The molecule has 0 unspecified atom stereocenters. The van der Waals surface area contributed by atoms with Crippen molar-refractivity contribution in [2.45, 2.75) is 44.9 Å². The van der Waals surface area contributed by atoms with Crippen LogP contribution in [-0.4, -0.2) is 18.4 Å². The van der Waals surface area contributed by atoms with Gasteiger partial charge in [0, 0.05) is 5.56 Å². The Hall–Kier alpha value is -2.82. The number of carbonyl (C=O) groups is 1. The van der Waals surface area contributed by atoms with Crippen LogP contribution in [-0.2, 0) is 0 Å². The Morgan fingerprint density at radius 1 is 0.963 bits per heavy atom. The van der Waals surface area contributed by atoms with Gasteiger partial charge in [-0.2, -0.15) is 5.10 Å². The molecule has 0 saturated heterocycles. The van der Waals surface area contributed by atoms with Crippen molar-refractivity contribution >= 4 is 11.6 Å². The Kier molecular flexibility index (Phi) is 5.10. The number of hydrogen-bond donors (Lipinski definition) is 1. The Morgan fingerprint density at radius 2 is 1.67 bits per heavy atom. The highest BCUT2D eigenvalue weighted by atomic mass is 16.7. The zero-order chi connectivity index (χ0) is 18.6. The number of hydrogen-bond acceptors (Lipinski definition) is 4. The predicted octanol–water partition coefficient (Wildman–Crippen LogP) is 4.62. The fraction of sp³-hybridized carbons (Fsp3) is 0.364. The van der Waals surface area contributed by atoms with Crippen molar-refractivity contribution in [1.82, 2.24) is 5.43 Å². The largest absolute Gasteiger partial charge is 0.454 e. The maximum Gasteiger partial charge on any atom is 0.271 e. The van der Waals surface area contributed by atoms with Gasteiger partial charge < -0.3 is 9.47 Å². The highest BCUT2D eigenvalue weighted by Gasteiger charge is 2.17. The van der Waals surface area contributed by atoms with E-state index in [0.717, 1.165) is 11.3 Å². The first-order chi connectivity index (χ1) is 13.2. The molecule has 1 fully saturated rings. The molecule has 1 aliphatic carbocycles. The summed E-state index contributed by atoms with van der Waals surface area (Å²) in [5.41, 5.74) is 6.31. The number of amides is 1. The first-order valence-electron chi connectivity index (χ1n) is 9.55. The third kappa shape index (κ3) is 3.97. The molecule has 5 heteroatoms. The number of fused-ring (bicyclic) bond motifs is 1. The minimum Gasteiger partial charge on any atom is -0.454 e. The molecule has 1 heterocycles. The first kappa shape index (κ1) is 17.6. The topological polar surface area (TPSA) is 59.9 Å². The van der Waals surface area contributed by atoms with Crippen molar-refractivity contribution in [1.29, 1.82) is 0 Å². The molecule has 1 aliphatic heterocycles. The zero-order valence-electron chi connectivity index (χ0n) is 15.5. The summed E-state index contributed by atoms with van der Waals surface area (Å²) in [5, 5.41) is 4.25. The minimum absolute atomic E-state index is 0.189. The van der Waals surface area contributed by atoms with E-state index >= 15 is 0 Å². The maximum atomic E-state index is 12.3. The first-order valence-corrected chi connectivity index (χ1v) is 9.55. The third-order valence-electron chi connectivity index (χ3n) is 5.36. The van der Waals surface area contributed by atoms with E-state index in [1.807, 2.05) is 6.92 Å². The van der Waals surface area contributed by atoms with Crippen LogP contribution >= 0.6 is 0 Å². The van der Waals surface area contributed by atoms with Gasteiger partial charge >= 0.3 is 0 Å². The number of carbonyl (C=O) groups excluding carboxylic acids is 1. The van der Waals surface area contributed by atoms with Crippen LogP contribution in [0.1, 0.15) is 66.4 Å². The van der Waals surface area contributed by atoms with Gasteiger partial charge in [-0.1, -0.05) is 43.5 Å². The van der Waals surface area contributed by atoms with Crippen LogP contribution < -0.4 is 14.9 Å². The number of rotatable bonds is 4. The van der Waals surface area contributed by atoms with Crippen LogP contribution in [0.25, 0.3) is 0 Å². The van der Waals surface area contributed by atoms with Gasteiger partial charge in [-0.25, -0.2) is 5.43 Å². The van der Waals surface area contributed by atoms with Crippen LogP contribution in [0, 0.1) is 0 Å². The van der Waals surface area contributed by atoms with Crippen LogP contribution in [0.2, 0.25) is 0 Å². The number of hydrazone groups is 1. The van der Waals surface area contributed by atoms with E-state index in [0.29, 0.717) is 23.0 Å². The van der Waals surface area contributed by atoms with Gasteiger partial charge in [-0.05, 0) is 55.0 Å². The summed E-state index contributed by atoms with van der Waals surface area (Å²) in [7, 11) is 0. The molecular weight excluding hydrogens is 340 g/mol. The van der Waals surface area contributed by atoms with E-state index in [4.69, 9.17) is 9.47 Å². The van der Waals surface area contributed by atoms with E-state index in [2.05, 4.69) is 34.8 Å². The molecule has 1 N–H and O–H groups in total. The second-order valence-corrected chi connectivity index (χ2v) is 7.16. The van der Waals surface area contributed by atoms with E-state index in [1.54, 1.807) is 18.2 Å².